The van der Waals surface area contributed by atoms with Gasteiger partial charge < -0.3 is 14.2 Å². The Kier molecular flexibility index (Phi) is 65.1. The summed E-state index contributed by atoms with van der Waals surface area (Å²) in [6, 6.07) is 0. The van der Waals surface area contributed by atoms with E-state index in [1.165, 1.54) is 308 Å². The Labute approximate surface area is 481 Å². The number of carbonyl (C=O) groups excluding carboxylic acids is 3. The molecule has 0 aliphatic heterocycles. The van der Waals surface area contributed by atoms with Crippen molar-refractivity contribution in [1.82, 2.24) is 0 Å². The molecule has 1 atom stereocenters. The lowest BCUT2D eigenvalue weighted by Crippen LogP contribution is -2.30. The van der Waals surface area contributed by atoms with Crippen molar-refractivity contribution in [2.24, 2.45) is 0 Å². The predicted octanol–water partition coefficient (Wildman–Crippen LogP) is 24.0. The highest BCUT2D eigenvalue weighted by atomic mass is 16.6. The summed E-state index contributed by atoms with van der Waals surface area (Å²) in [5.41, 5.74) is 0. The molecule has 0 rings (SSSR count). The SMILES string of the molecule is CCCCCCCCCC/C=C\CCCCCCCCCCCCCCCC(=O)OC(COC(=O)CCCCCCCCC)COC(=O)CCCCCCCCCCCCCCCCCCCCCCCCCCCCC. The number of hydrogen-bond donors (Lipinski definition) is 0. The second kappa shape index (κ2) is 66.7. The van der Waals surface area contributed by atoms with E-state index in [2.05, 4.69) is 32.9 Å². The Morgan fingerprint density at radius 2 is 0.429 bits per heavy atom. The van der Waals surface area contributed by atoms with Crippen LogP contribution >= 0.6 is 0 Å². The fourth-order valence-electron chi connectivity index (χ4n) is 11.0. The Hall–Kier alpha value is -1.85. The molecule has 0 bridgehead atoms. The molecule has 0 spiro atoms. The van der Waals surface area contributed by atoms with Gasteiger partial charge in [0.25, 0.3) is 0 Å². The van der Waals surface area contributed by atoms with E-state index >= 15 is 0 Å². The van der Waals surface area contributed by atoms with Crippen molar-refractivity contribution in [1.29, 1.82) is 0 Å². The monoisotopic (exact) mass is 1090 g/mol. The van der Waals surface area contributed by atoms with Crippen LogP contribution in [0.5, 0.6) is 0 Å². The minimum Gasteiger partial charge on any atom is -0.462 e. The van der Waals surface area contributed by atoms with Crippen LogP contribution in [0.1, 0.15) is 406 Å². The molecule has 6 heteroatoms. The molecule has 0 aromatic carbocycles. The number of rotatable bonds is 66. The summed E-state index contributed by atoms with van der Waals surface area (Å²) >= 11 is 0. The molecule has 0 amide bonds. The summed E-state index contributed by atoms with van der Waals surface area (Å²) in [6.07, 6.45) is 79.9. The van der Waals surface area contributed by atoms with Crippen LogP contribution in [-0.2, 0) is 28.6 Å². The molecule has 0 aliphatic carbocycles. The smallest absolute Gasteiger partial charge is 0.306 e. The maximum atomic E-state index is 12.9. The summed E-state index contributed by atoms with van der Waals surface area (Å²) in [6.45, 7) is 6.68. The normalized spacial score (nSPS) is 12.0. The third-order valence-electron chi connectivity index (χ3n) is 16.3. The van der Waals surface area contributed by atoms with Crippen LogP contribution in [0.15, 0.2) is 12.2 Å². The molecule has 0 fully saturated rings. The van der Waals surface area contributed by atoms with E-state index in [4.69, 9.17) is 14.2 Å². The number of unbranched alkanes of at least 4 members (excludes halogenated alkanes) is 53. The first-order valence-electron chi connectivity index (χ1n) is 35.2. The van der Waals surface area contributed by atoms with Crippen LogP contribution in [0.3, 0.4) is 0 Å². The quantitative estimate of drug-likeness (QED) is 0.0261. The topological polar surface area (TPSA) is 78.9 Å². The largest absolute Gasteiger partial charge is 0.462 e. The fraction of sp³-hybridized carbons (Fsp3) is 0.930. The molecule has 0 N–H and O–H groups in total. The number of carbonyl (C=O) groups is 3. The molecule has 0 aromatic rings. The Bertz CT molecular complexity index is 1200. The van der Waals surface area contributed by atoms with E-state index < -0.39 is 6.10 Å². The third-order valence-corrected chi connectivity index (χ3v) is 16.3. The van der Waals surface area contributed by atoms with E-state index in [1.54, 1.807) is 0 Å². The first-order valence-corrected chi connectivity index (χ1v) is 35.2. The standard InChI is InChI=1S/C71H136O6/c1-4-7-10-13-16-18-20-22-24-26-28-30-32-34-35-37-38-40-42-44-46-48-50-52-55-58-61-64-70(73)76-67-68(66-75-69(72)63-60-57-54-15-12-9-6-3)77-71(74)65-62-59-56-53-51-49-47-45-43-41-39-36-33-31-29-27-25-23-21-19-17-14-11-8-5-2/h27,29,68H,4-26,28,30-67H2,1-3H3/b29-27-. The van der Waals surface area contributed by atoms with Gasteiger partial charge in [0.15, 0.2) is 6.10 Å². The van der Waals surface area contributed by atoms with Gasteiger partial charge >= 0.3 is 17.9 Å². The van der Waals surface area contributed by atoms with E-state index in [-0.39, 0.29) is 31.1 Å². The van der Waals surface area contributed by atoms with E-state index in [0.717, 1.165) is 57.8 Å². The highest BCUT2D eigenvalue weighted by Crippen LogP contribution is 2.19. The molecule has 77 heavy (non-hydrogen) atoms. The highest BCUT2D eigenvalue weighted by molar-refractivity contribution is 5.71. The second-order valence-corrected chi connectivity index (χ2v) is 24.2. The average molecular weight is 1090 g/mol. The van der Waals surface area contributed by atoms with Gasteiger partial charge in [0.05, 0.1) is 0 Å². The van der Waals surface area contributed by atoms with Crippen molar-refractivity contribution in [3.63, 3.8) is 0 Å². The summed E-state index contributed by atoms with van der Waals surface area (Å²) in [7, 11) is 0. The number of allylic oxidation sites excluding steroid dienone is 2. The number of esters is 3. The minimum absolute atomic E-state index is 0.0636. The average Bonchev–Trinajstić information content (AvgIpc) is 3.43. The van der Waals surface area contributed by atoms with Crippen molar-refractivity contribution >= 4 is 17.9 Å². The molecule has 0 saturated heterocycles. The molecule has 0 saturated carbocycles. The Morgan fingerprint density at radius 1 is 0.247 bits per heavy atom. The number of ether oxygens (including phenoxy) is 3. The first-order chi connectivity index (χ1) is 38.0. The third kappa shape index (κ3) is 64.9. The predicted molar refractivity (Wildman–Crippen MR) is 335 cm³/mol. The van der Waals surface area contributed by atoms with E-state index in [1.807, 2.05) is 0 Å². The van der Waals surface area contributed by atoms with Crippen LogP contribution in [0.2, 0.25) is 0 Å². The molecule has 0 heterocycles. The molecule has 0 aliphatic rings. The van der Waals surface area contributed by atoms with Gasteiger partial charge in [-0.15, -0.1) is 0 Å². The molecular formula is C71H136O6. The van der Waals surface area contributed by atoms with Gasteiger partial charge in [-0.2, -0.15) is 0 Å². The maximum Gasteiger partial charge on any atom is 0.306 e. The van der Waals surface area contributed by atoms with Crippen molar-refractivity contribution < 1.29 is 28.6 Å². The number of hydrogen-bond acceptors (Lipinski definition) is 6. The molecule has 6 nitrogen and oxygen atoms in total. The van der Waals surface area contributed by atoms with Gasteiger partial charge in [0, 0.05) is 19.3 Å². The summed E-state index contributed by atoms with van der Waals surface area (Å²) in [4.78, 5) is 38.2. The zero-order chi connectivity index (χ0) is 55.7. The van der Waals surface area contributed by atoms with Gasteiger partial charge in [-0.05, 0) is 44.9 Å². The fourth-order valence-corrected chi connectivity index (χ4v) is 11.0. The van der Waals surface area contributed by atoms with Crippen LogP contribution in [0.25, 0.3) is 0 Å². The minimum atomic E-state index is -0.764. The zero-order valence-corrected chi connectivity index (χ0v) is 52.5. The summed E-state index contributed by atoms with van der Waals surface area (Å²) in [5.74, 6) is -0.840. The van der Waals surface area contributed by atoms with Crippen molar-refractivity contribution in [2.75, 3.05) is 13.2 Å². The van der Waals surface area contributed by atoms with Crippen molar-refractivity contribution in [2.45, 2.75) is 412 Å². The first kappa shape index (κ1) is 75.2. The molecule has 0 aromatic heterocycles. The molecule has 0 radical (unpaired) electrons. The highest BCUT2D eigenvalue weighted by Gasteiger charge is 2.19. The summed E-state index contributed by atoms with van der Waals surface area (Å²) < 4.78 is 16.9. The maximum absolute atomic E-state index is 12.9. The van der Waals surface area contributed by atoms with Crippen LogP contribution in [0.4, 0.5) is 0 Å². The van der Waals surface area contributed by atoms with Gasteiger partial charge in [-0.25, -0.2) is 0 Å². The van der Waals surface area contributed by atoms with E-state index in [0.29, 0.717) is 19.3 Å². The van der Waals surface area contributed by atoms with Gasteiger partial charge in [-0.3, -0.25) is 14.4 Å². The van der Waals surface area contributed by atoms with Gasteiger partial charge in [0.1, 0.15) is 13.2 Å². The molecule has 1 unspecified atom stereocenters. The van der Waals surface area contributed by atoms with Crippen LogP contribution in [-0.4, -0.2) is 37.2 Å². The van der Waals surface area contributed by atoms with Crippen molar-refractivity contribution in [3.8, 4) is 0 Å². The molecular weight excluding hydrogens is 949 g/mol. The second-order valence-electron chi connectivity index (χ2n) is 24.2. The Balaban J connectivity index is 4.01. The lowest BCUT2D eigenvalue weighted by molar-refractivity contribution is -0.167. The van der Waals surface area contributed by atoms with Gasteiger partial charge in [0.2, 0.25) is 0 Å². The van der Waals surface area contributed by atoms with Crippen LogP contribution < -0.4 is 0 Å². The zero-order valence-electron chi connectivity index (χ0n) is 52.5. The molecule has 456 valence electrons. The van der Waals surface area contributed by atoms with Crippen LogP contribution in [0, 0.1) is 0 Å². The van der Waals surface area contributed by atoms with E-state index in [9.17, 15) is 14.4 Å². The van der Waals surface area contributed by atoms with Crippen molar-refractivity contribution in [3.05, 3.63) is 12.2 Å². The summed E-state index contributed by atoms with van der Waals surface area (Å²) in [5, 5.41) is 0. The lowest BCUT2D eigenvalue weighted by atomic mass is 10.0. The lowest BCUT2D eigenvalue weighted by Gasteiger charge is -2.18. The Morgan fingerprint density at radius 3 is 0.649 bits per heavy atom. The van der Waals surface area contributed by atoms with Gasteiger partial charge in [-0.1, -0.05) is 354 Å².